The lowest BCUT2D eigenvalue weighted by Crippen LogP contribution is -2.30. The van der Waals surface area contributed by atoms with Crippen LogP contribution in [0.25, 0.3) is 0 Å². The van der Waals surface area contributed by atoms with Crippen molar-refractivity contribution in [2.45, 2.75) is 27.2 Å². The van der Waals surface area contributed by atoms with Gasteiger partial charge < -0.3 is 4.90 Å². The Balaban J connectivity index is 0.00000162. The van der Waals surface area contributed by atoms with E-state index in [-0.39, 0.29) is 19.0 Å². The van der Waals surface area contributed by atoms with Gasteiger partial charge in [-0.25, -0.2) is 4.39 Å². The summed E-state index contributed by atoms with van der Waals surface area (Å²) in [5.41, 5.74) is 2.12. The van der Waals surface area contributed by atoms with E-state index in [1.807, 2.05) is 6.07 Å². The number of allylic oxidation sites excluding steroid dienone is 1. The van der Waals surface area contributed by atoms with Crippen molar-refractivity contribution >= 4 is 11.5 Å². The van der Waals surface area contributed by atoms with Crippen LogP contribution in [-0.4, -0.2) is 18.9 Å². The molecule has 18 heavy (non-hydrogen) atoms. The molecule has 2 nitrogen and oxygen atoms in total. The zero-order valence-electron chi connectivity index (χ0n) is 9.95. The molecule has 98 valence electrons. The standard InChI is InChI=1S/C14H16FNO.CH4/c1-11(17)9-12-5-7-16(8-6-12)14-4-2-3-13(15)10-14;/h2-4,9-10H,5-8H2,1H3;1H4. The molecular formula is C15H20FNO. The maximum atomic E-state index is 13.1. The van der Waals surface area contributed by atoms with Crippen LogP contribution in [0.1, 0.15) is 27.2 Å². The summed E-state index contributed by atoms with van der Waals surface area (Å²) in [6.45, 7) is 3.27. The molecule has 0 saturated carbocycles. The Morgan fingerprint density at radius 1 is 1.33 bits per heavy atom. The molecule has 1 aromatic rings. The Hall–Kier alpha value is -1.64. The zero-order valence-corrected chi connectivity index (χ0v) is 9.95. The molecule has 0 radical (unpaired) electrons. The third-order valence-electron chi connectivity index (χ3n) is 2.99. The Labute approximate surface area is 108 Å². The van der Waals surface area contributed by atoms with Crippen molar-refractivity contribution in [3.63, 3.8) is 0 Å². The molecule has 0 aromatic heterocycles. The van der Waals surface area contributed by atoms with Crippen LogP contribution >= 0.6 is 0 Å². The van der Waals surface area contributed by atoms with Crippen molar-refractivity contribution in [3.8, 4) is 0 Å². The molecule has 1 heterocycles. The molecule has 0 amide bonds. The summed E-state index contributed by atoms with van der Waals surface area (Å²) in [6, 6.07) is 6.66. The predicted molar refractivity (Wildman–Crippen MR) is 73.3 cm³/mol. The van der Waals surface area contributed by atoms with E-state index in [2.05, 4.69) is 4.90 Å². The minimum Gasteiger partial charge on any atom is -0.371 e. The van der Waals surface area contributed by atoms with Gasteiger partial charge >= 0.3 is 0 Å². The maximum absolute atomic E-state index is 13.1. The van der Waals surface area contributed by atoms with Crippen LogP contribution in [0.5, 0.6) is 0 Å². The molecule has 1 fully saturated rings. The number of ketones is 1. The first kappa shape index (κ1) is 14.4. The highest BCUT2D eigenvalue weighted by Crippen LogP contribution is 2.23. The van der Waals surface area contributed by atoms with E-state index in [4.69, 9.17) is 0 Å². The molecule has 1 aliphatic rings. The predicted octanol–water partition coefficient (Wildman–Crippen LogP) is 3.58. The topological polar surface area (TPSA) is 20.3 Å². The lowest BCUT2D eigenvalue weighted by Gasteiger charge is -2.30. The Bertz CT molecular complexity index is 444. The van der Waals surface area contributed by atoms with Gasteiger partial charge in [-0.15, -0.1) is 0 Å². The summed E-state index contributed by atoms with van der Waals surface area (Å²) >= 11 is 0. The van der Waals surface area contributed by atoms with Crippen LogP contribution in [0, 0.1) is 5.82 Å². The molecule has 1 aliphatic heterocycles. The van der Waals surface area contributed by atoms with Gasteiger partial charge in [0.2, 0.25) is 0 Å². The quantitative estimate of drug-likeness (QED) is 0.747. The lowest BCUT2D eigenvalue weighted by molar-refractivity contribution is -0.112. The van der Waals surface area contributed by atoms with Crippen LogP contribution < -0.4 is 4.90 Å². The van der Waals surface area contributed by atoms with Gasteiger partial charge in [0.1, 0.15) is 5.82 Å². The summed E-state index contributed by atoms with van der Waals surface area (Å²) in [5, 5.41) is 0. The van der Waals surface area contributed by atoms with Crippen molar-refractivity contribution in [1.82, 2.24) is 0 Å². The molecule has 1 saturated heterocycles. The molecule has 0 aliphatic carbocycles. The molecule has 2 rings (SSSR count). The molecule has 0 spiro atoms. The number of carbonyl (C=O) groups is 1. The third kappa shape index (κ3) is 3.69. The van der Waals surface area contributed by atoms with Crippen LogP contribution in [-0.2, 0) is 4.79 Å². The SMILES string of the molecule is C.CC(=O)C=C1CCN(c2cccc(F)c2)CC1. The highest BCUT2D eigenvalue weighted by atomic mass is 19.1. The molecule has 0 N–H and O–H groups in total. The van der Waals surface area contributed by atoms with Gasteiger partial charge in [-0.05, 0) is 44.0 Å². The number of rotatable bonds is 2. The molecule has 0 atom stereocenters. The number of hydrogen-bond donors (Lipinski definition) is 0. The molecule has 0 bridgehead atoms. The number of benzene rings is 1. The fourth-order valence-electron chi connectivity index (χ4n) is 2.16. The fraction of sp³-hybridized carbons (Fsp3) is 0.400. The average Bonchev–Trinajstić information content (AvgIpc) is 2.29. The average molecular weight is 249 g/mol. The number of carbonyl (C=O) groups excluding carboxylic acids is 1. The van der Waals surface area contributed by atoms with Crippen LogP contribution in [0.4, 0.5) is 10.1 Å². The number of nitrogens with zero attached hydrogens (tertiary/aromatic N) is 1. The third-order valence-corrected chi connectivity index (χ3v) is 2.99. The first-order valence-electron chi connectivity index (χ1n) is 5.85. The summed E-state index contributed by atoms with van der Waals surface area (Å²) in [6.07, 6.45) is 3.50. The number of piperidine rings is 1. The van der Waals surface area contributed by atoms with Gasteiger partial charge in [0.05, 0.1) is 0 Å². The lowest BCUT2D eigenvalue weighted by atomic mass is 10.0. The molecule has 3 heteroatoms. The van der Waals surface area contributed by atoms with Crippen LogP contribution in [0.3, 0.4) is 0 Å². The van der Waals surface area contributed by atoms with Crippen molar-refractivity contribution in [2.24, 2.45) is 0 Å². The summed E-state index contributed by atoms with van der Waals surface area (Å²) in [4.78, 5) is 13.1. The van der Waals surface area contributed by atoms with Gasteiger partial charge in [0.25, 0.3) is 0 Å². The first-order chi connectivity index (χ1) is 8.15. The second-order valence-corrected chi connectivity index (χ2v) is 4.38. The molecular weight excluding hydrogens is 229 g/mol. The van der Waals surface area contributed by atoms with Gasteiger partial charge in [0.15, 0.2) is 5.78 Å². The Morgan fingerprint density at radius 2 is 2.00 bits per heavy atom. The Kier molecular flexibility index (Phi) is 5.08. The van der Waals surface area contributed by atoms with E-state index >= 15 is 0 Å². The van der Waals surface area contributed by atoms with Crippen molar-refractivity contribution < 1.29 is 9.18 Å². The maximum Gasteiger partial charge on any atom is 0.152 e. The Morgan fingerprint density at radius 3 is 2.56 bits per heavy atom. The molecule has 0 unspecified atom stereocenters. The number of halogens is 1. The summed E-state index contributed by atoms with van der Waals surface area (Å²) in [7, 11) is 0. The van der Waals surface area contributed by atoms with E-state index in [0.717, 1.165) is 31.6 Å². The number of hydrogen-bond acceptors (Lipinski definition) is 2. The van der Waals surface area contributed by atoms with Crippen LogP contribution in [0.2, 0.25) is 0 Å². The van der Waals surface area contributed by atoms with E-state index in [9.17, 15) is 9.18 Å². The second-order valence-electron chi connectivity index (χ2n) is 4.38. The minimum atomic E-state index is -0.201. The highest BCUT2D eigenvalue weighted by molar-refractivity contribution is 5.88. The van der Waals surface area contributed by atoms with Crippen molar-refractivity contribution in [3.05, 3.63) is 41.7 Å². The molecule has 1 aromatic carbocycles. The van der Waals surface area contributed by atoms with Gasteiger partial charge in [-0.2, -0.15) is 0 Å². The highest BCUT2D eigenvalue weighted by Gasteiger charge is 2.14. The second kappa shape index (κ2) is 6.34. The first-order valence-corrected chi connectivity index (χ1v) is 5.85. The van der Waals surface area contributed by atoms with E-state index in [0.29, 0.717) is 0 Å². The van der Waals surface area contributed by atoms with Crippen LogP contribution in [0.15, 0.2) is 35.9 Å². The van der Waals surface area contributed by atoms with E-state index in [1.54, 1.807) is 25.1 Å². The summed E-state index contributed by atoms with van der Waals surface area (Å²) in [5.74, 6) is -0.0909. The van der Waals surface area contributed by atoms with E-state index in [1.165, 1.54) is 11.6 Å². The normalized spacial score (nSPS) is 15.0. The number of anilines is 1. The zero-order chi connectivity index (χ0) is 12.3. The monoisotopic (exact) mass is 249 g/mol. The summed E-state index contributed by atoms with van der Waals surface area (Å²) < 4.78 is 13.1. The largest absolute Gasteiger partial charge is 0.371 e. The smallest absolute Gasteiger partial charge is 0.152 e. The fourth-order valence-corrected chi connectivity index (χ4v) is 2.16. The minimum absolute atomic E-state index is 0. The van der Waals surface area contributed by atoms with Gasteiger partial charge in [-0.1, -0.05) is 19.1 Å². The van der Waals surface area contributed by atoms with E-state index < -0.39 is 0 Å². The van der Waals surface area contributed by atoms with Crippen molar-refractivity contribution in [1.29, 1.82) is 0 Å². The van der Waals surface area contributed by atoms with Gasteiger partial charge in [-0.3, -0.25) is 4.79 Å². The van der Waals surface area contributed by atoms with Gasteiger partial charge in [0, 0.05) is 18.8 Å². The van der Waals surface area contributed by atoms with Crippen molar-refractivity contribution in [2.75, 3.05) is 18.0 Å².